The molecular weight excluding hydrogens is 535 g/mol. The summed E-state index contributed by atoms with van der Waals surface area (Å²) in [6, 6.07) is 9.77. The summed E-state index contributed by atoms with van der Waals surface area (Å²) < 4.78 is 6.37. The fourth-order valence-electron chi connectivity index (χ4n) is 7.10. The second-order valence-corrected chi connectivity index (χ2v) is 14.0. The molecule has 196 valence electrons. The van der Waals surface area contributed by atoms with Crippen LogP contribution in [0.2, 0.25) is 0 Å². The number of rotatable bonds is 4. The summed E-state index contributed by atoms with van der Waals surface area (Å²) in [6.45, 7) is 0. The number of carbonyl (C=O) groups excluding carboxylic acids is 1. The van der Waals surface area contributed by atoms with Crippen molar-refractivity contribution in [1.29, 1.82) is 0 Å². The Morgan fingerprint density at radius 2 is 1.87 bits per heavy atom. The highest BCUT2D eigenvalue weighted by molar-refractivity contribution is 8.26. The van der Waals surface area contributed by atoms with E-state index in [0.717, 1.165) is 30.1 Å². The molecule has 3 aromatic rings. The first-order chi connectivity index (χ1) is 18.5. The number of thiophene rings is 1. The average Bonchev–Trinajstić information content (AvgIpc) is 3.70. The Kier molecular flexibility index (Phi) is 6.25. The smallest absolute Gasteiger partial charge is 0.348 e. The van der Waals surface area contributed by atoms with Crippen LogP contribution in [0.25, 0.3) is 27.5 Å². The van der Waals surface area contributed by atoms with E-state index < -0.39 is 5.63 Å². The molecule has 0 radical (unpaired) electrons. The molecule has 1 aromatic carbocycles. The summed E-state index contributed by atoms with van der Waals surface area (Å²) in [4.78, 5) is 30.3. The molecule has 4 fully saturated rings. The van der Waals surface area contributed by atoms with Crippen molar-refractivity contribution in [3.63, 3.8) is 0 Å². The zero-order valence-electron chi connectivity index (χ0n) is 21.0. The molecule has 3 heterocycles. The van der Waals surface area contributed by atoms with E-state index in [0.29, 0.717) is 36.9 Å². The van der Waals surface area contributed by atoms with Gasteiger partial charge in [-0.15, -0.1) is 11.3 Å². The van der Waals surface area contributed by atoms with Crippen LogP contribution < -0.4 is 5.63 Å². The summed E-state index contributed by atoms with van der Waals surface area (Å²) in [6.07, 6.45) is 12.6. The summed E-state index contributed by atoms with van der Waals surface area (Å²) in [5.74, 6) is 1.73. The second-order valence-electron chi connectivity index (χ2n) is 11.2. The van der Waals surface area contributed by atoms with Gasteiger partial charge in [-0.05, 0) is 85.8 Å². The Hall–Kier alpha value is -2.42. The Labute approximate surface area is 234 Å². The van der Waals surface area contributed by atoms with Crippen molar-refractivity contribution in [1.82, 2.24) is 4.90 Å². The number of benzene rings is 1. The molecule has 1 N–H and O–H groups in total. The Morgan fingerprint density at radius 3 is 2.63 bits per heavy atom. The summed E-state index contributed by atoms with van der Waals surface area (Å²) in [7, 11) is 0. The van der Waals surface area contributed by atoms with Crippen LogP contribution in [-0.2, 0) is 4.79 Å². The lowest BCUT2D eigenvalue weighted by Gasteiger charge is -2.30. The maximum atomic E-state index is 13.3. The van der Waals surface area contributed by atoms with Gasteiger partial charge >= 0.3 is 5.63 Å². The van der Waals surface area contributed by atoms with Crippen LogP contribution in [0.3, 0.4) is 0 Å². The lowest BCUT2D eigenvalue weighted by atomic mass is 9.84. The minimum atomic E-state index is -0.549. The Morgan fingerprint density at radius 1 is 1.03 bits per heavy atom. The third kappa shape index (κ3) is 4.16. The highest BCUT2D eigenvalue weighted by atomic mass is 32.2. The molecule has 1 aliphatic heterocycles. The topological polar surface area (TPSA) is 70.7 Å². The van der Waals surface area contributed by atoms with Gasteiger partial charge in [-0.2, -0.15) is 0 Å². The van der Waals surface area contributed by atoms with Crippen LogP contribution in [0.4, 0.5) is 0 Å². The third-order valence-corrected chi connectivity index (χ3v) is 11.4. The zero-order chi connectivity index (χ0) is 26.0. The van der Waals surface area contributed by atoms with E-state index in [1.54, 1.807) is 6.07 Å². The second kappa shape index (κ2) is 9.65. The van der Waals surface area contributed by atoms with Gasteiger partial charge < -0.3 is 9.52 Å². The highest BCUT2D eigenvalue weighted by Gasteiger charge is 2.48. The monoisotopic (exact) mass is 563 g/mol. The van der Waals surface area contributed by atoms with Gasteiger partial charge in [-0.1, -0.05) is 55.7 Å². The summed E-state index contributed by atoms with van der Waals surface area (Å²) in [5, 5.41) is 11.7. The minimum Gasteiger partial charge on any atom is -0.506 e. The molecule has 4 aliphatic rings. The van der Waals surface area contributed by atoms with E-state index in [4.69, 9.17) is 16.6 Å². The highest BCUT2D eigenvalue weighted by Crippen LogP contribution is 2.50. The van der Waals surface area contributed by atoms with Gasteiger partial charge in [0.05, 0.1) is 10.3 Å². The van der Waals surface area contributed by atoms with Gasteiger partial charge in [0, 0.05) is 15.8 Å². The van der Waals surface area contributed by atoms with Crippen molar-refractivity contribution in [2.45, 2.75) is 69.7 Å². The number of hydrogen-bond donors (Lipinski definition) is 1. The lowest BCUT2D eigenvalue weighted by Crippen LogP contribution is -2.41. The molecule has 3 aliphatic carbocycles. The molecular formula is C30H29NO4S3. The normalized spacial score (nSPS) is 26.9. The molecule has 2 aromatic heterocycles. The summed E-state index contributed by atoms with van der Waals surface area (Å²) in [5.41, 5.74) is 1.22. The number of hydrogen-bond acceptors (Lipinski definition) is 7. The number of thiocarbonyl (C=S) groups is 1. The molecule has 1 amide bonds. The fraction of sp³-hybridized carbons (Fsp3) is 0.433. The van der Waals surface area contributed by atoms with E-state index in [1.807, 2.05) is 29.2 Å². The van der Waals surface area contributed by atoms with Crippen molar-refractivity contribution in [3.8, 4) is 16.2 Å². The molecule has 3 unspecified atom stereocenters. The van der Waals surface area contributed by atoms with E-state index in [9.17, 15) is 14.7 Å². The fourth-order valence-corrected chi connectivity index (χ4v) is 9.52. The van der Waals surface area contributed by atoms with Crippen molar-refractivity contribution in [3.05, 3.63) is 56.1 Å². The number of carbonyl (C=O) groups is 1. The van der Waals surface area contributed by atoms with Crippen molar-refractivity contribution >= 4 is 62.6 Å². The standard InChI is InChI=1S/C30H29NO4S3/c32-27-21-10-8-18(17-4-2-1-3-5-17)14-23(21)35-29(34)26(27)24-11-9-20(37-24)15-25-28(33)31(30(36)38-25)22-13-16-6-7-19(22)12-16/h8-11,14-17,19,22,32H,1-7,12-13H2/b25-15-. The van der Waals surface area contributed by atoms with Crippen molar-refractivity contribution in [2.75, 3.05) is 0 Å². The van der Waals surface area contributed by atoms with Gasteiger partial charge in [0.2, 0.25) is 0 Å². The number of amides is 1. The molecule has 1 saturated heterocycles. The number of thioether (sulfide) groups is 1. The maximum Gasteiger partial charge on any atom is 0.348 e. The number of fused-ring (bicyclic) bond motifs is 3. The first-order valence-corrected chi connectivity index (χ1v) is 15.7. The zero-order valence-corrected chi connectivity index (χ0v) is 23.4. The molecule has 38 heavy (non-hydrogen) atoms. The van der Waals surface area contributed by atoms with Crippen LogP contribution in [0.15, 0.2) is 44.4 Å². The van der Waals surface area contributed by atoms with Crippen LogP contribution in [0, 0.1) is 11.8 Å². The van der Waals surface area contributed by atoms with E-state index in [-0.39, 0.29) is 23.3 Å². The molecule has 0 spiro atoms. The van der Waals surface area contributed by atoms with Crippen LogP contribution >= 0.6 is 35.3 Å². The number of aromatic hydroxyl groups is 1. The first kappa shape index (κ1) is 24.6. The summed E-state index contributed by atoms with van der Waals surface area (Å²) >= 11 is 8.34. The van der Waals surface area contributed by atoms with Crippen molar-refractivity contribution in [2.24, 2.45) is 11.8 Å². The van der Waals surface area contributed by atoms with E-state index in [2.05, 4.69) is 6.07 Å². The Balaban J connectivity index is 1.16. The number of nitrogens with zero attached hydrogens (tertiary/aromatic N) is 1. The van der Waals surface area contributed by atoms with Gasteiger partial charge in [0.1, 0.15) is 21.2 Å². The Bertz CT molecular complexity index is 1550. The van der Waals surface area contributed by atoms with Gasteiger partial charge in [0.25, 0.3) is 5.91 Å². The predicted octanol–water partition coefficient (Wildman–Crippen LogP) is 7.66. The lowest BCUT2D eigenvalue weighted by molar-refractivity contribution is -0.124. The van der Waals surface area contributed by atoms with E-state index >= 15 is 0 Å². The molecule has 7 rings (SSSR count). The van der Waals surface area contributed by atoms with Crippen LogP contribution in [0.1, 0.15) is 74.1 Å². The van der Waals surface area contributed by atoms with Gasteiger partial charge in [-0.25, -0.2) is 4.79 Å². The molecule has 2 bridgehead atoms. The SMILES string of the molecule is O=C1/C(=C/c2ccc(-c3c(O)c4ccc(C5CCCCC5)cc4oc3=O)s2)SC(=S)N1C1CC2CCC1C2. The molecule has 8 heteroatoms. The van der Waals surface area contributed by atoms with Gasteiger partial charge in [-0.3, -0.25) is 9.69 Å². The molecule has 3 atom stereocenters. The predicted molar refractivity (Wildman–Crippen MR) is 158 cm³/mol. The third-order valence-electron chi connectivity index (χ3n) is 8.98. The van der Waals surface area contributed by atoms with Crippen LogP contribution in [0.5, 0.6) is 5.75 Å². The minimum absolute atomic E-state index is 0.00524. The van der Waals surface area contributed by atoms with Crippen LogP contribution in [-0.4, -0.2) is 26.3 Å². The quantitative estimate of drug-likeness (QED) is 0.200. The average molecular weight is 564 g/mol. The van der Waals surface area contributed by atoms with E-state index in [1.165, 1.54) is 67.2 Å². The van der Waals surface area contributed by atoms with Gasteiger partial charge in [0.15, 0.2) is 0 Å². The van der Waals surface area contributed by atoms with Crippen molar-refractivity contribution < 1.29 is 14.3 Å². The molecule has 3 saturated carbocycles. The largest absolute Gasteiger partial charge is 0.506 e. The first-order valence-electron chi connectivity index (χ1n) is 13.6. The molecule has 5 nitrogen and oxygen atoms in total. The maximum absolute atomic E-state index is 13.3.